The number of nitrogens with one attached hydrogen (secondary N) is 2. The first kappa shape index (κ1) is 21.8. The van der Waals surface area contributed by atoms with E-state index in [1.54, 1.807) is 19.9 Å². The number of hydrogen-bond donors (Lipinski definition) is 3. The van der Waals surface area contributed by atoms with Crippen molar-refractivity contribution in [3.8, 4) is 0 Å². The van der Waals surface area contributed by atoms with Gasteiger partial charge < -0.3 is 20.9 Å². The Bertz CT molecular complexity index is 569. The van der Waals surface area contributed by atoms with Gasteiger partial charge in [-0.3, -0.25) is 9.59 Å². The number of hydrogen-bond acceptors (Lipinski definition) is 6. The fourth-order valence-electron chi connectivity index (χ4n) is 2.86. The smallest absolute Gasteiger partial charge is 0.238 e. The maximum Gasteiger partial charge on any atom is 0.238 e. The van der Waals surface area contributed by atoms with Gasteiger partial charge in [0.25, 0.3) is 0 Å². The van der Waals surface area contributed by atoms with Crippen molar-refractivity contribution in [1.29, 1.82) is 0 Å². The number of thioether (sulfide) groups is 1. The minimum absolute atomic E-state index is 0. The number of aromatic nitrogens is 1. The van der Waals surface area contributed by atoms with Crippen molar-refractivity contribution in [3.05, 3.63) is 11.8 Å². The van der Waals surface area contributed by atoms with Gasteiger partial charge in [-0.15, -0.1) is 24.2 Å². The van der Waals surface area contributed by atoms with Gasteiger partial charge in [0.2, 0.25) is 11.8 Å². The van der Waals surface area contributed by atoms with Crippen LogP contribution in [-0.2, 0) is 9.59 Å². The number of anilines is 1. The van der Waals surface area contributed by atoms with E-state index >= 15 is 0 Å². The molecule has 25 heavy (non-hydrogen) atoms. The Balaban J connectivity index is 0.00000312. The summed E-state index contributed by atoms with van der Waals surface area (Å²) in [6.07, 6.45) is 4.37. The van der Waals surface area contributed by atoms with Gasteiger partial charge in [0.05, 0.1) is 11.0 Å². The Morgan fingerprint density at radius 1 is 1.44 bits per heavy atom. The Morgan fingerprint density at radius 2 is 2.16 bits per heavy atom. The van der Waals surface area contributed by atoms with Crippen molar-refractivity contribution in [1.82, 2.24) is 10.5 Å². The standard InChI is InChI=1S/C16H26N4O3S.ClH/c1-10-7-14(20-23-10)19-16(22)11(2)24-9-15(21)18-13-6-4-3-5-12(13)8-17;/h7,11-13H,3-6,8-9,17H2,1-2H3,(H,18,21)(H,19,20,22);1H. The molecule has 3 atom stereocenters. The van der Waals surface area contributed by atoms with Gasteiger partial charge in [-0.25, -0.2) is 0 Å². The summed E-state index contributed by atoms with van der Waals surface area (Å²) in [7, 11) is 0. The Morgan fingerprint density at radius 3 is 2.80 bits per heavy atom. The van der Waals surface area contributed by atoms with Crippen LogP contribution in [0.15, 0.2) is 10.6 Å². The Labute approximate surface area is 158 Å². The lowest BCUT2D eigenvalue weighted by Crippen LogP contribution is -2.45. The molecule has 0 radical (unpaired) electrons. The van der Waals surface area contributed by atoms with Crippen LogP contribution >= 0.6 is 24.2 Å². The third-order valence-corrected chi connectivity index (χ3v) is 5.41. The zero-order valence-corrected chi connectivity index (χ0v) is 16.3. The van der Waals surface area contributed by atoms with E-state index in [1.807, 2.05) is 0 Å². The van der Waals surface area contributed by atoms with Crippen molar-refractivity contribution in [3.63, 3.8) is 0 Å². The van der Waals surface area contributed by atoms with E-state index in [0.717, 1.165) is 19.3 Å². The molecule has 0 bridgehead atoms. The van der Waals surface area contributed by atoms with E-state index in [9.17, 15) is 9.59 Å². The van der Waals surface area contributed by atoms with Crippen molar-refractivity contribution in [2.45, 2.75) is 50.8 Å². The average molecular weight is 391 g/mol. The van der Waals surface area contributed by atoms with Gasteiger partial charge in [0, 0.05) is 12.1 Å². The van der Waals surface area contributed by atoms with Gasteiger partial charge in [-0.2, -0.15) is 0 Å². The summed E-state index contributed by atoms with van der Waals surface area (Å²) in [5, 5.41) is 9.10. The SMILES string of the molecule is Cc1cc(NC(=O)C(C)SCC(=O)NC2CCCCC2CN)no1.Cl. The number of nitrogens with zero attached hydrogens (tertiary/aromatic N) is 1. The predicted molar refractivity (Wildman–Crippen MR) is 102 cm³/mol. The largest absolute Gasteiger partial charge is 0.360 e. The second kappa shape index (κ2) is 10.7. The van der Waals surface area contributed by atoms with Gasteiger partial charge in [0.15, 0.2) is 5.82 Å². The van der Waals surface area contributed by atoms with Crippen LogP contribution in [-0.4, -0.2) is 40.6 Å². The first-order valence-corrected chi connectivity index (χ1v) is 9.39. The third-order valence-electron chi connectivity index (χ3n) is 4.27. The van der Waals surface area contributed by atoms with Gasteiger partial charge >= 0.3 is 0 Å². The Kier molecular flexibility index (Phi) is 9.31. The van der Waals surface area contributed by atoms with Crippen LogP contribution < -0.4 is 16.4 Å². The highest BCUT2D eigenvalue weighted by molar-refractivity contribution is 8.01. The lowest BCUT2D eigenvalue weighted by Gasteiger charge is -2.31. The minimum atomic E-state index is -0.357. The maximum absolute atomic E-state index is 12.1. The van der Waals surface area contributed by atoms with Crippen LogP contribution in [0, 0.1) is 12.8 Å². The number of aryl methyl sites for hydroxylation is 1. The normalized spacial score (nSPS) is 21.1. The molecule has 1 fully saturated rings. The highest BCUT2D eigenvalue weighted by Crippen LogP contribution is 2.23. The molecule has 0 aliphatic heterocycles. The quantitative estimate of drug-likeness (QED) is 0.657. The van der Waals surface area contributed by atoms with Crippen molar-refractivity contribution >= 4 is 41.8 Å². The van der Waals surface area contributed by atoms with E-state index in [0.29, 0.717) is 24.0 Å². The molecule has 1 saturated carbocycles. The van der Waals surface area contributed by atoms with Crippen molar-refractivity contribution in [2.75, 3.05) is 17.6 Å². The fourth-order valence-corrected chi connectivity index (χ4v) is 3.55. The minimum Gasteiger partial charge on any atom is -0.360 e. The summed E-state index contributed by atoms with van der Waals surface area (Å²) in [5.74, 6) is 1.40. The lowest BCUT2D eigenvalue weighted by molar-refractivity contribution is -0.119. The molecule has 1 heterocycles. The molecule has 7 nitrogen and oxygen atoms in total. The summed E-state index contributed by atoms with van der Waals surface area (Å²) in [5.41, 5.74) is 5.78. The second-order valence-electron chi connectivity index (χ2n) is 6.22. The molecule has 2 rings (SSSR count). The molecule has 2 amide bonds. The first-order valence-electron chi connectivity index (χ1n) is 8.34. The molecule has 0 saturated heterocycles. The third kappa shape index (κ3) is 6.87. The van der Waals surface area contributed by atoms with E-state index in [-0.39, 0.29) is 41.3 Å². The summed E-state index contributed by atoms with van der Waals surface area (Å²) in [4.78, 5) is 24.2. The van der Waals surface area contributed by atoms with Crippen LogP contribution in [0.25, 0.3) is 0 Å². The molecule has 0 spiro atoms. The number of rotatable bonds is 7. The summed E-state index contributed by atoms with van der Waals surface area (Å²) in [6, 6.07) is 1.82. The molecule has 1 aromatic rings. The fraction of sp³-hybridized carbons (Fsp3) is 0.688. The van der Waals surface area contributed by atoms with Crippen LogP contribution in [0.3, 0.4) is 0 Å². The average Bonchev–Trinajstić information content (AvgIpc) is 2.98. The van der Waals surface area contributed by atoms with Crippen LogP contribution in [0.5, 0.6) is 0 Å². The zero-order valence-electron chi connectivity index (χ0n) is 14.6. The lowest BCUT2D eigenvalue weighted by atomic mass is 9.84. The molecule has 1 aliphatic rings. The van der Waals surface area contributed by atoms with Gasteiger partial charge in [-0.1, -0.05) is 18.0 Å². The maximum atomic E-state index is 12.1. The van der Waals surface area contributed by atoms with Crippen LogP contribution in [0.1, 0.15) is 38.4 Å². The summed E-state index contributed by atoms with van der Waals surface area (Å²) in [6.45, 7) is 4.13. The molecular weight excluding hydrogens is 364 g/mol. The van der Waals surface area contributed by atoms with Gasteiger partial charge in [0.1, 0.15) is 5.76 Å². The number of carbonyl (C=O) groups excluding carboxylic acids is 2. The number of carbonyl (C=O) groups is 2. The van der Waals surface area contributed by atoms with Crippen LogP contribution in [0.4, 0.5) is 5.82 Å². The van der Waals surface area contributed by atoms with E-state index < -0.39 is 0 Å². The highest BCUT2D eigenvalue weighted by atomic mass is 35.5. The topological polar surface area (TPSA) is 110 Å². The van der Waals surface area contributed by atoms with E-state index in [2.05, 4.69) is 15.8 Å². The summed E-state index contributed by atoms with van der Waals surface area (Å²) < 4.78 is 4.90. The molecule has 0 aromatic carbocycles. The number of nitrogens with two attached hydrogens (primary N) is 1. The van der Waals surface area contributed by atoms with Gasteiger partial charge in [-0.05, 0) is 39.2 Å². The second-order valence-corrected chi connectivity index (χ2v) is 7.55. The molecule has 3 unspecified atom stereocenters. The Hall–Kier alpha value is -1.25. The highest BCUT2D eigenvalue weighted by Gasteiger charge is 2.25. The number of halogens is 1. The molecule has 142 valence electrons. The van der Waals surface area contributed by atoms with E-state index in [4.69, 9.17) is 10.3 Å². The van der Waals surface area contributed by atoms with Crippen LogP contribution in [0.2, 0.25) is 0 Å². The molecule has 9 heteroatoms. The first-order chi connectivity index (χ1) is 11.5. The van der Waals surface area contributed by atoms with Crippen molar-refractivity contribution in [2.24, 2.45) is 11.7 Å². The summed E-state index contributed by atoms with van der Waals surface area (Å²) >= 11 is 1.30. The predicted octanol–water partition coefficient (Wildman–Crippen LogP) is 2.10. The molecule has 1 aliphatic carbocycles. The van der Waals surface area contributed by atoms with Crippen molar-refractivity contribution < 1.29 is 14.1 Å². The zero-order chi connectivity index (χ0) is 17.5. The van der Waals surface area contributed by atoms with E-state index in [1.165, 1.54) is 18.2 Å². The number of amides is 2. The molecule has 1 aromatic heterocycles. The molecular formula is C16H27ClN4O3S. The monoisotopic (exact) mass is 390 g/mol. The molecule has 4 N–H and O–H groups in total.